The van der Waals surface area contributed by atoms with Crippen LogP contribution in [0.2, 0.25) is 0 Å². The van der Waals surface area contributed by atoms with Crippen LogP contribution in [0.3, 0.4) is 0 Å². The summed E-state index contributed by atoms with van der Waals surface area (Å²) in [7, 11) is 0. The maximum Gasteiger partial charge on any atom is 0.241 e. The van der Waals surface area contributed by atoms with E-state index in [9.17, 15) is 9.59 Å². The van der Waals surface area contributed by atoms with Gasteiger partial charge in [0, 0.05) is 37.8 Å². The van der Waals surface area contributed by atoms with Gasteiger partial charge in [-0.15, -0.1) is 0 Å². The normalized spacial score (nSPS) is 23.4. The van der Waals surface area contributed by atoms with Crippen LogP contribution < -0.4 is 4.90 Å². The molecule has 2 atom stereocenters. The van der Waals surface area contributed by atoms with E-state index < -0.39 is 0 Å². The maximum atomic E-state index is 13.1. The van der Waals surface area contributed by atoms with E-state index in [2.05, 4.69) is 24.0 Å². The van der Waals surface area contributed by atoms with E-state index >= 15 is 0 Å². The molecule has 2 aliphatic heterocycles. The zero-order chi connectivity index (χ0) is 18.7. The summed E-state index contributed by atoms with van der Waals surface area (Å²) in [6.07, 6.45) is 4.27. The number of fused-ring (bicyclic) bond motifs is 1. The Hall–Kier alpha value is -1.88. The molecule has 2 saturated heterocycles. The molecule has 5 nitrogen and oxygen atoms in total. The molecular formula is C21H31N3O2. The van der Waals surface area contributed by atoms with E-state index in [0.29, 0.717) is 19.1 Å². The average Bonchev–Trinajstić information content (AvgIpc) is 2.93. The number of rotatable bonds is 4. The Bertz CT molecular complexity index is 660. The molecule has 1 aromatic rings. The van der Waals surface area contributed by atoms with Gasteiger partial charge in [0.15, 0.2) is 0 Å². The summed E-state index contributed by atoms with van der Waals surface area (Å²) in [5.74, 6) is 0.320. The first-order chi connectivity index (χ1) is 12.5. The van der Waals surface area contributed by atoms with Gasteiger partial charge in [-0.1, -0.05) is 18.6 Å². The van der Waals surface area contributed by atoms with Crippen LogP contribution in [0.1, 0.15) is 45.1 Å². The van der Waals surface area contributed by atoms with E-state index in [-0.39, 0.29) is 17.9 Å². The maximum absolute atomic E-state index is 13.1. The lowest BCUT2D eigenvalue weighted by Crippen LogP contribution is -2.49. The number of hydrogen-bond donors (Lipinski definition) is 0. The van der Waals surface area contributed by atoms with Gasteiger partial charge in [0.2, 0.25) is 11.8 Å². The Morgan fingerprint density at radius 1 is 1.15 bits per heavy atom. The minimum Gasteiger partial charge on any atom is -0.338 e. The standard InChI is InChI=1S/C21H31N3O2/c1-4-23(18-9-7-8-16(2)14-18)21(26)15-22-12-6-5-10-20-19(22)11-13-24(20)17(3)25/h7-9,14,19-20H,4-6,10-13,15H2,1-3H3/t19-,20-/m1/s1. The fourth-order valence-electron chi connectivity index (χ4n) is 4.59. The number of carbonyl (C=O) groups excluding carboxylic acids is 2. The number of nitrogens with zero attached hydrogens (tertiary/aromatic N) is 3. The van der Waals surface area contributed by atoms with Crippen LogP contribution in [0.5, 0.6) is 0 Å². The first kappa shape index (κ1) is 18.9. The van der Waals surface area contributed by atoms with Crippen molar-refractivity contribution in [2.75, 3.05) is 31.1 Å². The largest absolute Gasteiger partial charge is 0.338 e. The summed E-state index contributed by atoms with van der Waals surface area (Å²) in [5.41, 5.74) is 2.14. The van der Waals surface area contributed by atoms with Gasteiger partial charge in [-0.05, 0) is 57.4 Å². The minimum atomic E-state index is 0.153. The molecule has 3 rings (SSSR count). The smallest absolute Gasteiger partial charge is 0.241 e. The van der Waals surface area contributed by atoms with Crippen molar-refractivity contribution in [3.8, 4) is 0 Å². The van der Waals surface area contributed by atoms with Crippen LogP contribution in [0.25, 0.3) is 0 Å². The fourth-order valence-corrected chi connectivity index (χ4v) is 4.59. The SMILES string of the molecule is CCN(C(=O)CN1CCCC[C@@H]2[C@H]1CCN2C(C)=O)c1cccc(C)c1. The number of hydrogen-bond acceptors (Lipinski definition) is 3. The average molecular weight is 357 g/mol. The summed E-state index contributed by atoms with van der Waals surface area (Å²) in [6, 6.07) is 8.73. The molecule has 0 bridgehead atoms. The van der Waals surface area contributed by atoms with Crippen LogP contribution in [0.15, 0.2) is 24.3 Å². The predicted molar refractivity (Wildman–Crippen MR) is 104 cm³/mol. The molecule has 2 fully saturated rings. The lowest BCUT2D eigenvalue weighted by molar-refractivity contribution is -0.130. The molecule has 26 heavy (non-hydrogen) atoms. The van der Waals surface area contributed by atoms with Gasteiger partial charge in [-0.25, -0.2) is 0 Å². The van der Waals surface area contributed by atoms with Crippen LogP contribution in [-0.2, 0) is 9.59 Å². The van der Waals surface area contributed by atoms with Crippen molar-refractivity contribution >= 4 is 17.5 Å². The van der Waals surface area contributed by atoms with E-state index in [0.717, 1.165) is 50.0 Å². The predicted octanol–water partition coefficient (Wildman–Crippen LogP) is 2.82. The number of carbonyl (C=O) groups is 2. The second-order valence-electron chi connectivity index (χ2n) is 7.58. The highest BCUT2D eigenvalue weighted by Gasteiger charge is 2.40. The summed E-state index contributed by atoms with van der Waals surface area (Å²) in [5, 5.41) is 0. The summed E-state index contributed by atoms with van der Waals surface area (Å²) < 4.78 is 0. The first-order valence-electron chi connectivity index (χ1n) is 9.89. The van der Waals surface area contributed by atoms with Crippen molar-refractivity contribution in [3.05, 3.63) is 29.8 Å². The van der Waals surface area contributed by atoms with Gasteiger partial charge < -0.3 is 9.80 Å². The third kappa shape index (κ3) is 3.93. The molecule has 0 aromatic heterocycles. The molecule has 142 valence electrons. The van der Waals surface area contributed by atoms with Crippen molar-refractivity contribution in [3.63, 3.8) is 0 Å². The quantitative estimate of drug-likeness (QED) is 0.832. The lowest BCUT2D eigenvalue weighted by Gasteiger charge is -2.33. The van der Waals surface area contributed by atoms with E-state index in [1.54, 1.807) is 6.92 Å². The Balaban J connectivity index is 1.73. The molecule has 0 spiro atoms. The molecule has 5 heteroatoms. The molecule has 0 radical (unpaired) electrons. The van der Waals surface area contributed by atoms with E-state index in [1.165, 1.54) is 0 Å². The van der Waals surface area contributed by atoms with E-state index in [4.69, 9.17) is 0 Å². The van der Waals surface area contributed by atoms with Crippen molar-refractivity contribution in [1.29, 1.82) is 0 Å². The summed E-state index contributed by atoms with van der Waals surface area (Å²) in [6.45, 7) is 8.63. The van der Waals surface area contributed by atoms with Gasteiger partial charge in [0.05, 0.1) is 6.54 Å². The number of anilines is 1. The molecule has 2 amide bonds. The molecule has 0 unspecified atom stereocenters. The number of aryl methyl sites for hydroxylation is 1. The van der Waals surface area contributed by atoms with Gasteiger partial charge in [0.25, 0.3) is 0 Å². The first-order valence-corrected chi connectivity index (χ1v) is 9.89. The summed E-state index contributed by atoms with van der Waals surface area (Å²) >= 11 is 0. The minimum absolute atomic E-state index is 0.153. The Labute approximate surface area is 156 Å². The van der Waals surface area contributed by atoms with Gasteiger partial charge >= 0.3 is 0 Å². The second-order valence-corrected chi connectivity index (χ2v) is 7.58. The Kier molecular flexibility index (Phi) is 5.97. The topological polar surface area (TPSA) is 43.9 Å². The summed E-state index contributed by atoms with van der Waals surface area (Å²) in [4.78, 5) is 31.3. The van der Waals surface area contributed by atoms with Gasteiger partial charge in [0.1, 0.15) is 0 Å². The Morgan fingerprint density at radius 3 is 2.65 bits per heavy atom. The van der Waals surface area contributed by atoms with Crippen molar-refractivity contribution in [1.82, 2.24) is 9.80 Å². The third-order valence-corrected chi connectivity index (χ3v) is 5.85. The second kappa shape index (κ2) is 8.21. The fraction of sp³-hybridized carbons (Fsp3) is 0.619. The van der Waals surface area contributed by atoms with E-state index in [1.807, 2.05) is 28.9 Å². The van der Waals surface area contributed by atoms with Crippen molar-refractivity contribution in [2.24, 2.45) is 0 Å². The molecule has 1 aromatic carbocycles. The Morgan fingerprint density at radius 2 is 1.96 bits per heavy atom. The third-order valence-electron chi connectivity index (χ3n) is 5.85. The number of benzene rings is 1. The molecule has 2 aliphatic rings. The highest BCUT2D eigenvalue weighted by molar-refractivity contribution is 5.94. The van der Waals surface area contributed by atoms with Gasteiger partial charge in [-0.2, -0.15) is 0 Å². The zero-order valence-electron chi connectivity index (χ0n) is 16.3. The van der Waals surface area contributed by atoms with Gasteiger partial charge in [-0.3, -0.25) is 14.5 Å². The van der Waals surface area contributed by atoms with Crippen molar-refractivity contribution in [2.45, 2.75) is 58.5 Å². The monoisotopic (exact) mass is 357 g/mol. The number of likely N-dealkylation sites (N-methyl/N-ethyl adjacent to an activating group) is 1. The highest BCUT2D eigenvalue weighted by Crippen LogP contribution is 2.30. The van der Waals surface area contributed by atoms with Crippen LogP contribution in [0, 0.1) is 6.92 Å². The zero-order valence-corrected chi connectivity index (χ0v) is 16.3. The molecular weight excluding hydrogens is 326 g/mol. The molecule has 0 aliphatic carbocycles. The number of amides is 2. The van der Waals surface area contributed by atoms with Crippen LogP contribution >= 0.6 is 0 Å². The molecule has 2 heterocycles. The lowest BCUT2D eigenvalue weighted by atomic mass is 10.0. The number of likely N-dealkylation sites (tertiary alicyclic amines) is 2. The van der Waals surface area contributed by atoms with Crippen LogP contribution in [-0.4, -0.2) is 59.9 Å². The molecule has 0 saturated carbocycles. The highest BCUT2D eigenvalue weighted by atomic mass is 16.2. The van der Waals surface area contributed by atoms with Crippen LogP contribution in [0.4, 0.5) is 5.69 Å². The van der Waals surface area contributed by atoms with Crippen molar-refractivity contribution < 1.29 is 9.59 Å². The molecule has 0 N–H and O–H groups in total.